The number of hydrogen-bond donors (Lipinski definition) is 4. The number of nitrogens with zero attached hydrogens (tertiary/aromatic N) is 6. The number of methoxy groups -OCH3 is 2. The highest BCUT2D eigenvalue weighted by molar-refractivity contribution is 5.88. The number of amides is 4. The van der Waals surface area contributed by atoms with Crippen LogP contribution in [-0.2, 0) is 19.1 Å². The first-order valence-corrected chi connectivity index (χ1v) is 24.6. The number of alkyl carbamates (subject to hydrolysis) is 2. The van der Waals surface area contributed by atoms with Gasteiger partial charge in [0, 0.05) is 38.3 Å². The molecule has 4 fully saturated rings. The highest BCUT2D eigenvalue weighted by atomic mass is 19.1. The molecule has 9 rings (SSSR count). The molecule has 6 atom stereocenters. The van der Waals surface area contributed by atoms with Crippen LogP contribution in [0, 0.1) is 23.5 Å². The minimum Gasteiger partial charge on any atom is -0.453 e. The molecule has 4 aliphatic rings. The number of likely N-dealkylation sites (tertiary alicyclic amines) is 2. The number of aromatic amines is 2. The third-order valence-electron chi connectivity index (χ3n) is 14.7. The third kappa shape index (κ3) is 9.38. The number of carbonyl (C=O) groups excluding carboxylic acids is 4. The van der Waals surface area contributed by atoms with Gasteiger partial charge >= 0.3 is 12.2 Å². The molecule has 4 aliphatic heterocycles. The molecule has 16 nitrogen and oxygen atoms in total. The van der Waals surface area contributed by atoms with E-state index < -0.39 is 35.9 Å². The molecule has 5 aromatic rings. The lowest BCUT2D eigenvalue weighted by Gasteiger charge is -2.35. The SMILES string of the molecule is COC(=O)N[C@H](C(=O)N1CCC[C@H]1c1nc2ccc([C@H]3CC[C@@H](c4ccc5nc([C@@H]6CCCN6C(=O)[C@@H](NC(=O)OC)C(C)C)[nH]c5c4)N3c3cc(F)c(N4CCCCC4)cc3F)cc2[nH]1)C(C)C. The van der Waals surface area contributed by atoms with Crippen LogP contribution in [0.25, 0.3) is 22.1 Å². The van der Waals surface area contributed by atoms with Crippen molar-refractivity contribution in [3.05, 3.63) is 82.9 Å². The largest absolute Gasteiger partial charge is 0.453 e. The second-order valence-electron chi connectivity index (χ2n) is 19.7. The Hall–Kier alpha value is -6.46. The molecule has 18 heteroatoms. The zero-order valence-corrected chi connectivity index (χ0v) is 40.3. The smallest absolute Gasteiger partial charge is 0.407 e. The van der Waals surface area contributed by atoms with Crippen LogP contribution in [0.3, 0.4) is 0 Å². The van der Waals surface area contributed by atoms with Crippen molar-refractivity contribution in [1.29, 1.82) is 0 Å². The van der Waals surface area contributed by atoms with Crippen molar-refractivity contribution >= 4 is 57.4 Å². The summed E-state index contributed by atoms with van der Waals surface area (Å²) < 4.78 is 42.9. The maximum absolute atomic E-state index is 16.9. The van der Waals surface area contributed by atoms with Gasteiger partial charge < -0.3 is 49.7 Å². The maximum Gasteiger partial charge on any atom is 0.407 e. The first-order chi connectivity index (χ1) is 33.2. The van der Waals surface area contributed by atoms with Crippen molar-refractivity contribution in [3.8, 4) is 0 Å². The molecule has 0 spiro atoms. The molecule has 0 unspecified atom stereocenters. The Bertz CT molecular complexity index is 2570. The molecule has 0 aliphatic carbocycles. The van der Waals surface area contributed by atoms with E-state index >= 15 is 8.78 Å². The minimum absolute atomic E-state index is 0.172. The second kappa shape index (κ2) is 19.9. The lowest BCUT2D eigenvalue weighted by atomic mass is 10.0. The Labute approximate surface area is 400 Å². The number of piperidine rings is 1. The van der Waals surface area contributed by atoms with E-state index in [0.717, 1.165) is 54.3 Å². The number of carbonyl (C=O) groups is 4. The van der Waals surface area contributed by atoms with E-state index in [0.29, 0.717) is 74.5 Å². The third-order valence-corrected chi connectivity index (χ3v) is 14.7. The number of H-pyrrole nitrogens is 2. The van der Waals surface area contributed by atoms with Gasteiger partial charge in [0.15, 0.2) is 0 Å². The molecular formula is C51H64F2N10O6. The van der Waals surface area contributed by atoms with Crippen molar-refractivity contribution < 1.29 is 37.4 Å². The molecular weight excluding hydrogens is 887 g/mol. The molecule has 0 bridgehead atoms. The lowest BCUT2D eigenvalue weighted by molar-refractivity contribution is -0.136. The summed E-state index contributed by atoms with van der Waals surface area (Å²) in [6.45, 7) is 9.92. The monoisotopic (exact) mass is 950 g/mol. The van der Waals surface area contributed by atoms with E-state index in [1.54, 1.807) is 9.80 Å². The first-order valence-electron chi connectivity index (χ1n) is 24.6. The molecule has 0 saturated carbocycles. The summed E-state index contributed by atoms with van der Waals surface area (Å²) in [7, 11) is 2.55. The molecule has 69 heavy (non-hydrogen) atoms. The summed E-state index contributed by atoms with van der Waals surface area (Å²) in [5, 5.41) is 5.41. The number of imidazole rings is 2. The van der Waals surface area contributed by atoms with E-state index in [-0.39, 0.29) is 59.2 Å². The van der Waals surface area contributed by atoms with Gasteiger partial charge in [0.1, 0.15) is 35.4 Å². The summed E-state index contributed by atoms with van der Waals surface area (Å²) in [5.41, 5.74) is 5.21. The van der Waals surface area contributed by atoms with Gasteiger partial charge in [-0.25, -0.2) is 28.3 Å². The molecule has 4 amide bonds. The quantitative estimate of drug-likeness (QED) is 0.0944. The fourth-order valence-corrected chi connectivity index (χ4v) is 11.1. The van der Waals surface area contributed by atoms with Crippen LogP contribution in [0.15, 0.2) is 48.5 Å². The number of benzene rings is 3. The molecule has 368 valence electrons. The Balaban J connectivity index is 1.04. The standard InChI is InChI=1S/C51H64F2N10O6/c1-28(2)44(58-50(66)68-5)48(64)61-22-10-12-40(61)46-54-34-16-14-30(24-36(34)56-46)38-18-19-39(63(38)43-27-32(52)42(26-33(43)53)60-20-8-7-9-21-60)31-15-17-35-37(25-31)57-47(55-35)41-13-11-23-62(41)49(65)45(29(3)4)59-51(67)69-6/h14-17,24-29,38-41,44-45H,7-13,18-23H2,1-6H3,(H,54,56)(H,55,57)(H,58,66)(H,59,67)/t38-,39+,40-,41-,44-,45-/m0/s1. The Morgan fingerprint density at radius 2 is 1.04 bits per heavy atom. The fraction of sp³-hybridized carbons (Fsp3) is 0.529. The molecule has 6 heterocycles. The van der Waals surface area contributed by atoms with E-state index in [9.17, 15) is 19.2 Å². The number of aromatic nitrogens is 4. The average molecular weight is 951 g/mol. The van der Waals surface area contributed by atoms with Crippen LogP contribution in [0.2, 0.25) is 0 Å². The molecule has 4 N–H and O–H groups in total. The van der Waals surface area contributed by atoms with Gasteiger partial charge in [-0.15, -0.1) is 0 Å². The normalized spacial score (nSPS) is 21.7. The predicted octanol–water partition coefficient (Wildman–Crippen LogP) is 8.88. The fourth-order valence-electron chi connectivity index (χ4n) is 11.1. The summed E-state index contributed by atoms with van der Waals surface area (Å²) >= 11 is 0. The Kier molecular flexibility index (Phi) is 13.7. The molecule has 0 radical (unpaired) electrons. The molecule has 3 aromatic carbocycles. The van der Waals surface area contributed by atoms with Gasteiger partial charge in [-0.2, -0.15) is 0 Å². The van der Waals surface area contributed by atoms with Gasteiger partial charge in [0.25, 0.3) is 0 Å². The predicted molar refractivity (Wildman–Crippen MR) is 258 cm³/mol. The van der Waals surface area contributed by atoms with Crippen molar-refractivity contribution in [2.24, 2.45) is 11.8 Å². The summed E-state index contributed by atoms with van der Waals surface area (Å²) in [4.78, 5) is 76.6. The topological polar surface area (TPSA) is 181 Å². The van der Waals surface area contributed by atoms with Crippen molar-refractivity contribution in [2.75, 3.05) is 50.2 Å². The number of ether oxygens (including phenoxy) is 2. The van der Waals surface area contributed by atoms with Crippen LogP contribution in [0.5, 0.6) is 0 Å². The van der Waals surface area contributed by atoms with E-state index in [2.05, 4.69) is 20.6 Å². The van der Waals surface area contributed by atoms with Crippen LogP contribution < -0.4 is 20.4 Å². The average Bonchev–Trinajstić information content (AvgIpc) is 4.21. The lowest BCUT2D eigenvalue weighted by Crippen LogP contribution is -2.51. The molecule has 4 saturated heterocycles. The number of anilines is 2. The Morgan fingerprint density at radius 1 is 0.594 bits per heavy atom. The van der Waals surface area contributed by atoms with Crippen molar-refractivity contribution in [3.63, 3.8) is 0 Å². The second-order valence-corrected chi connectivity index (χ2v) is 19.7. The van der Waals surface area contributed by atoms with Gasteiger partial charge in [-0.3, -0.25) is 9.59 Å². The van der Waals surface area contributed by atoms with E-state index in [4.69, 9.17) is 19.4 Å². The number of rotatable bonds is 12. The first kappa shape index (κ1) is 47.6. The zero-order chi connectivity index (χ0) is 48.7. The number of hydrogen-bond acceptors (Lipinski definition) is 10. The Morgan fingerprint density at radius 3 is 1.49 bits per heavy atom. The van der Waals surface area contributed by atoms with Gasteiger partial charge in [-0.05, 0) is 105 Å². The van der Waals surface area contributed by atoms with E-state index in [1.165, 1.54) is 26.4 Å². The maximum atomic E-state index is 16.9. The van der Waals surface area contributed by atoms with Crippen molar-refractivity contribution in [2.45, 2.75) is 122 Å². The van der Waals surface area contributed by atoms with Crippen LogP contribution >= 0.6 is 0 Å². The van der Waals surface area contributed by atoms with Crippen LogP contribution in [0.1, 0.15) is 132 Å². The van der Waals surface area contributed by atoms with Gasteiger partial charge in [0.2, 0.25) is 11.8 Å². The van der Waals surface area contributed by atoms with Gasteiger partial charge in [-0.1, -0.05) is 39.8 Å². The summed E-state index contributed by atoms with van der Waals surface area (Å²) in [5.74, 6) is -0.409. The molecule has 2 aromatic heterocycles. The highest BCUT2D eigenvalue weighted by Crippen LogP contribution is 2.49. The zero-order valence-electron chi connectivity index (χ0n) is 40.3. The summed E-state index contributed by atoms with van der Waals surface area (Å²) in [6.07, 6.45) is 5.82. The van der Waals surface area contributed by atoms with E-state index in [1.807, 2.05) is 73.9 Å². The number of halogens is 2. The van der Waals surface area contributed by atoms with Crippen LogP contribution in [0.4, 0.5) is 29.7 Å². The van der Waals surface area contributed by atoms with Crippen molar-refractivity contribution in [1.82, 2.24) is 40.4 Å². The highest BCUT2D eigenvalue weighted by Gasteiger charge is 2.41. The number of nitrogens with one attached hydrogen (secondary N) is 4. The summed E-state index contributed by atoms with van der Waals surface area (Å²) in [6, 6.07) is 11.8. The van der Waals surface area contributed by atoms with Crippen LogP contribution in [-0.4, -0.2) is 106 Å². The minimum atomic E-state index is -0.764. The number of fused-ring (bicyclic) bond motifs is 2. The van der Waals surface area contributed by atoms with Gasteiger partial charge in [0.05, 0.1) is 71.8 Å².